The van der Waals surface area contributed by atoms with E-state index in [0.717, 1.165) is 11.3 Å². The molecule has 7 nitrogen and oxygen atoms in total. The molecule has 0 saturated heterocycles. The average Bonchev–Trinajstić information content (AvgIpc) is 2.85. The Labute approximate surface area is 123 Å². The van der Waals surface area contributed by atoms with Gasteiger partial charge >= 0.3 is 5.97 Å². The lowest BCUT2D eigenvalue weighted by Gasteiger charge is -2.02. The van der Waals surface area contributed by atoms with E-state index >= 15 is 0 Å². The van der Waals surface area contributed by atoms with E-state index < -0.39 is 17.8 Å². The maximum Gasteiger partial charge on any atom is 0.309 e. The van der Waals surface area contributed by atoms with Crippen LogP contribution in [-0.2, 0) is 11.2 Å². The molecule has 0 unspecified atom stereocenters. The fourth-order valence-electron chi connectivity index (χ4n) is 1.56. The number of nitrogens with zero attached hydrogens (tertiary/aromatic N) is 1. The van der Waals surface area contributed by atoms with Crippen LogP contribution in [0.1, 0.15) is 26.4 Å². The Morgan fingerprint density at radius 3 is 2.38 bits per heavy atom. The van der Waals surface area contributed by atoms with Crippen LogP contribution in [0.25, 0.3) is 0 Å². The number of carbonyl (C=O) groups excluding carboxylic acids is 2. The molecule has 0 spiro atoms. The normalized spacial score (nSPS) is 10.1. The smallest absolute Gasteiger partial charge is 0.309 e. The lowest BCUT2D eigenvalue weighted by atomic mass is 10.1. The first-order valence-corrected chi connectivity index (χ1v) is 6.71. The number of hydrogen-bond acceptors (Lipinski definition) is 5. The second-order valence-electron chi connectivity index (χ2n) is 4.11. The van der Waals surface area contributed by atoms with E-state index in [4.69, 9.17) is 10.8 Å². The molecule has 108 valence electrons. The van der Waals surface area contributed by atoms with Crippen molar-refractivity contribution < 1.29 is 19.5 Å². The highest BCUT2D eigenvalue weighted by atomic mass is 32.1. The number of hydrogen-bond donors (Lipinski definition) is 3. The standard InChI is InChI=1S/C13H11N3O4S/c14-11(19)7-1-3-8(4-2-7)12(20)16-13-15-9(6-21-13)5-10(17)18/h1-4,6H,5H2,(H2,14,19)(H,17,18)(H,15,16,20). The fraction of sp³-hybridized carbons (Fsp3) is 0.0769. The third-order valence-electron chi connectivity index (χ3n) is 2.54. The van der Waals surface area contributed by atoms with Crippen LogP contribution in [0.2, 0.25) is 0 Å². The van der Waals surface area contributed by atoms with Crippen molar-refractivity contribution in [3.8, 4) is 0 Å². The topological polar surface area (TPSA) is 122 Å². The van der Waals surface area contributed by atoms with Crippen molar-refractivity contribution in [2.75, 3.05) is 5.32 Å². The zero-order valence-corrected chi connectivity index (χ0v) is 11.5. The summed E-state index contributed by atoms with van der Waals surface area (Å²) < 4.78 is 0. The number of rotatable bonds is 5. The number of carboxylic acid groups (broad SMARTS) is 1. The van der Waals surface area contributed by atoms with E-state index in [1.807, 2.05) is 0 Å². The summed E-state index contributed by atoms with van der Waals surface area (Å²) in [6.45, 7) is 0. The van der Waals surface area contributed by atoms with E-state index in [2.05, 4.69) is 10.3 Å². The van der Waals surface area contributed by atoms with E-state index in [1.165, 1.54) is 24.3 Å². The molecule has 1 aromatic heterocycles. The Hall–Kier alpha value is -2.74. The van der Waals surface area contributed by atoms with E-state index in [0.29, 0.717) is 22.0 Å². The number of nitrogens with one attached hydrogen (secondary N) is 1. The molecule has 0 aliphatic rings. The summed E-state index contributed by atoms with van der Waals surface area (Å²) in [5.74, 6) is -1.96. The maximum absolute atomic E-state index is 11.9. The van der Waals surface area contributed by atoms with Crippen molar-refractivity contribution >= 4 is 34.3 Å². The van der Waals surface area contributed by atoms with Gasteiger partial charge in [-0.05, 0) is 24.3 Å². The molecule has 0 aliphatic heterocycles. The minimum absolute atomic E-state index is 0.195. The largest absolute Gasteiger partial charge is 0.481 e. The zero-order valence-electron chi connectivity index (χ0n) is 10.7. The number of nitrogens with two attached hydrogens (primary N) is 1. The van der Waals surface area contributed by atoms with Gasteiger partial charge in [0.1, 0.15) is 0 Å². The predicted molar refractivity (Wildman–Crippen MR) is 76.4 cm³/mol. The van der Waals surface area contributed by atoms with Crippen molar-refractivity contribution in [3.63, 3.8) is 0 Å². The summed E-state index contributed by atoms with van der Waals surface area (Å²) in [6, 6.07) is 5.85. The van der Waals surface area contributed by atoms with Gasteiger partial charge in [-0.3, -0.25) is 19.7 Å². The molecule has 1 aromatic carbocycles. The van der Waals surface area contributed by atoms with Crippen LogP contribution in [0.15, 0.2) is 29.6 Å². The van der Waals surface area contributed by atoms with Crippen molar-refractivity contribution in [2.24, 2.45) is 5.73 Å². The first-order valence-electron chi connectivity index (χ1n) is 5.83. The molecule has 2 amide bonds. The summed E-state index contributed by atoms with van der Waals surface area (Å²) >= 11 is 1.14. The average molecular weight is 305 g/mol. The quantitative estimate of drug-likeness (QED) is 0.764. The number of thiazole rings is 1. The second-order valence-corrected chi connectivity index (χ2v) is 4.97. The molecule has 0 aliphatic carbocycles. The number of carbonyl (C=O) groups is 3. The number of aromatic nitrogens is 1. The van der Waals surface area contributed by atoms with Crippen molar-refractivity contribution in [2.45, 2.75) is 6.42 Å². The predicted octanol–water partition coefficient (Wildman–Crippen LogP) is 1.12. The zero-order chi connectivity index (χ0) is 15.4. The molecule has 2 rings (SSSR count). The monoisotopic (exact) mass is 305 g/mol. The molecule has 1 heterocycles. The number of benzene rings is 1. The highest BCUT2D eigenvalue weighted by Gasteiger charge is 2.11. The lowest BCUT2D eigenvalue weighted by Crippen LogP contribution is -2.14. The van der Waals surface area contributed by atoms with Gasteiger partial charge in [-0.25, -0.2) is 4.98 Å². The van der Waals surface area contributed by atoms with Gasteiger partial charge in [-0.1, -0.05) is 0 Å². The van der Waals surface area contributed by atoms with Crippen LogP contribution < -0.4 is 11.1 Å². The Morgan fingerprint density at radius 1 is 1.19 bits per heavy atom. The summed E-state index contributed by atoms with van der Waals surface area (Å²) in [6.07, 6.45) is -0.195. The molecule has 0 atom stereocenters. The molecule has 21 heavy (non-hydrogen) atoms. The van der Waals surface area contributed by atoms with Crippen LogP contribution in [-0.4, -0.2) is 27.9 Å². The first kappa shape index (κ1) is 14.7. The molecule has 4 N–H and O–H groups in total. The molecular weight excluding hydrogens is 294 g/mol. The minimum Gasteiger partial charge on any atom is -0.481 e. The van der Waals surface area contributed by atoms with Crippen LogP contribution in [0.3, 0.4) is 0 Å². The minimum atomic E-state index is -0.986. The third kappa shape index (κ3) is 3.86. The van der Waals surface area contributed by atoms with Gasteiger partial charge < -0.3 is 10.8 Å². The van der Waals surface area contributed by atoms with Gasteiger partial charge in [0.15, 0.2) is 5.13 Å². The van der Waals surface area contributed by atoms with E-state index in [1.54, 1.807) is 5.38 Å². The Morgan fingerprint density at radius 2 is 1.81 bits per heavy atom. The first-order chi connectivity index (χ1) is 9.95. The van der Waals surface area contributed by atoms with Gasteiger partial charge in [0.25, 0.3) is 5.91 Å². The van der Waals surface area contributed by atoms with Crippen molar-refractivity contribution in [3.05, 3.63) is 46.5 Å². The third-order valence-corrected chi connectivity index (χ3v) is 3.34. The number of anilines is 1. The SMILES string of the molecule is NC(=O)c1ccc(C(=O)Nc2nc(CC(=O)O)cs2)cc1. The summed E-state index contributed by atoms with van der Waals surface area (Å²) in [5.41, 5.74) is 6.14. The van der Waals surface area contributed by atoms with Gasteiger partial charge in [0.05, 0.1) is 12.1 Å². The van der Waals surface area contributed by atoms with E-state index in [-0.39, 0.29) is 6.42 Å². The highest BCUT2D eigenvalue weighted by molar-refractivity contribution is 7.14. The van der Waals surface area contributed by atoms with E-state index in [9.17, 15) is 14.4 Å². The van der Waals surface area contributed by atoms with Gasteiger partial charge in [-0.15, -0.1) is 11.3 Å². The Balaban J connectivity index is 2.05. The summed E-state index contributed by atoms with van der Waals surface area (Å²) in [7, 11) is 0. The molecule has 0 fully saturated rings. The van der Waals surface area contributed by atoms with Crippen LogP contribution in [0, 0.1) is 0 Å². The number of primary amides is 1. The Kier molecular flexibility index (Phi) is 4.29. The van der Waals surface area contributed by atoms with Crippen LogP contribution >= 0.6 is 11.3 Å². The van der Waals surface area contributed by atoms with Gasteiger partial charge in [-0.2, -0.15) is 0 Å². The lowest BCUT2D eigenvalue weighted by molar-refractivity contribution is -0.136. The molecular formula is C13H11N3O4S. The number of carboxylic acids is 1. The summed E-state index contributed by atoms with van der Waals surface area (Å²) in [4.78, 5) is 37.4. The molecule has 8 heteroatoms. The maximum atomic E-state index is 11.9. The molecule has 0 saturated carbocycles. The molecule has 0 radical (unpaired) electrons. The van der Waals surface area contributed by atoms with Crippen LogP contribution in [0.4, 0.5) is 5.13 Å². The fourth-order valence-corrected chi connectivity index (χ4v) is 2.26. The van der Waals surface area contributed by atoms with Crippen molar-refractivity contribution in [1.29, 1.82) is 0 Å². The second kappa shape index (κ2) is 6.14. The number of amides is 2. The summed E-state index contributed by atoms with van der Waals surface area (Å²) in [5, 5.41) is 13.1. The van der Waals surface area contributed by atoms with Gasteiger partial charge in [0.2, 0.25) is 5.91 Å². The molecule has 0 bridgehead atoms. The Bertz CT molecular complexity index is 694. The van der Waals surface area contributed by atoms with Gasteiger partial charge in [0, 0.05) is 16.5 Å². The molecule has 2 aromatic rings. The van der Waals surface area contributed by atoms with Crippen LogP contribution in [0.5, 0.6) is 0 Å². The highest BCUT2D eigenvalue weighted by Crippen LogP contribution is 2.17. The number of aliphatic carboxylic acids is 1. The van der Waals surface area contributed by atoms with Crippen molar-refractivity contribution in [1.82, 2.24) is 4.98 Å².